The molecule has 1 heterocycles. The number of aliphatic hydroxyl groups is 1. The normalized spacial score (nSPS) is 18.2. The molecule has 2 unspecified atom stereocenters. The zero-order chi connectivity index (χ0) is 14.1. The maximum atomic E-state index is 10.6. The summed E-state index contributed by atoms with van der Waals surface area (Å²) >= 11 is 0. The Morgan fingerprint density at radius 3 is 2.75 bits per heavy atom. The molecule has 3 nitrogen and oxygen atoms in total. The molecule has 1 aliphatic rings. The lowest BCUT2D eigenvalue weighted by Crippen LogP contribution is -2.24. The van der Waals surface area contributed by atoms with Crippen LogP contribution < -0.4 is 10.1 Å². The minimum atomic E-state index is -0.521. The Hall–Kier alpha value is -2.00. The van der Waals surface area contributed by atoms with Crippen molar-refractivity contribution in [3.05, 3.63) is 59.2 Å². The number of nitrogens with one attached hydrogen (secondary N) is 1. The first-order valence-corrected chi connectivity index (χ1v) is 6.86. The fourth-order valence-electron chi connectivity index (χ4n) is 2.84. The van der Waals surface area contributed by atoms with Crippen molar-refractivity contribution in [2.75, 3.05) is 12.4 Å². The first-order valence-electron chi connectivity index (χ1n) is 6.86. The maximum Gasteiger partial charge on any atom is 0.121 e. The molecule has 3 rings (SSSR count). The summed E-state index contributed by atoms with van der Waals surface area (Å²) in [7, 11) is 1.66. The van der Waals surface area contributed by atoms with Gasteiger partial charge in [0.1, 0.15) is 5.75 Å². The molecule has 0 bridgehead atoms. The minimum absolute atomic E-state index is 0.0280. The number of methoxy groups -OCH3 is 1. The Labute approximate surface area is 119 Å². The molecule has 0 spiro atoms. The number of aryl methyl sites for hydroxylation is 1. The van der Waals surface area contributed by atoms with Gasteiger partial charge in [-0.05, 0) is 48.2 Å². The molecule has 2 atom stereocenters. The number of fused-ring (bicyclic) bond motifs is 1. The number of ether oxygens (including phenoxy) is 1. The Morgan fingerprint density at radius 1 is 1.25 bits per heavy atom. The standard InChI is InChI=1S/C17H19NO2/c1-11-9-13(7-8-16(11)20-2)17(19)15-10-12-5-3-4-6-14(12)18-15/h3-9,15,17-19H,10H2,1-2H3. The van der Waals surface area contributed by atoms with Gasteiger partial charge in [-0.15, -0.1) is 0 Å². The smallest absolute Gasteiger partial charge is 0.121 e. The molecular weight excluding hydrogens is 250 g/mol. The molecule has 3 heteroatoms. The van der Waals surface area contributed by atoms with E-state index in [1.807, 2.05) is 37.3 Å². The van der Waals surface area contributed by atoms with Crippen molar-refractivity contribution in [2.45, 2.75) is 25.5 Å². The molecule has 0 aliphatic carbocycles. The Bertz CT molecular complexity index is 599. The number of anilines is 1. The van der Waals surface area contributed by atoms with Crippen molar-refractivity contribution >= 4 is 5.69 Å². The first-order chi connectivity index (χ1) is 9.69. The van der Waals surface area contributed by atoms with E-state index in [-0.39, 0.29) is 6.04 Å². The van der Waals surface area contributed by atoms with Crippen molar-refractivity contribution in [2.24, 2.45) is 0 Å². The van der Waals surface area contributed by atoms with Gasteiger partial charge in [0.15, 0.2) is 0 Å². The average Bonchev–Trinajstić information content (AvgIpc) is 2.90. The minimum Gasteiger partial charge on any atom is -0.496 e. The number of benzene rings is 2. The summed E-state index contributed by atoms with van der Waals surface area (Å²) in [6, 6.07) is 14.1. The summed E-state index contributed by atoms with van der Waals surface area (Å²) in [4.78, 5) is 0. The summed E-state index contributed by atoms with van der Waals surface area (Å²) in [6.07, 6.45) is 0.328. The van der Waals surface area contributed by atoms with Gasteiger partial charge in [-0.2, -0.15) is 0 Å². The molecule has 0 aromatic heterocycles. The molecule has 104 valence electrons. The predicted molar refractivity (Wildman–Crippen MR) is 80.2 cm³/mol. The van der Waals surface area contributed by atoms with Gasteiger partial charge in [-0.3, -0.25) is 0 Å². The van der Waals surface area contributed by atoms with E-state index >= 15 is 0 Å². The van der Waals surface area contributed by atoms with Gasteiger partial charge in [0, 0.05) is 5.69 Å². The monoisotopic (exact) mass is 269 g/mol. The number of aliphatic hydroxyl groups excluding tert-OH is 1. The maximum absolute atomic E-state index is 10.6. The topological polar surface area (TPSA) is 41.5 Å². The molecule has 0 fully saturated rings. The third-order valence-electron chi connectivity index (χ3n) is 3.94. The average molecular weight is 269 g/mol. The molecular formula is C17H19NO2. The van der Waals surface area contributed by atoms with Gasteiger partial charge in [-0.25, -0.2) is 0 Å². The van der Waals surface area contributed by atoms with Gasteiger partial charge in [0.2, 0.25) is 0 Å². The fraction of sp³-hybridized carbons (Fsp3) is 0.294. The van der Waals surface area contributed by atoms with Crippen LogP contribution in [0.15, 0.2) is 42.5 Å². The second kappa shape index (κ2) is 5.17. The summed E-state index contributed by atoms with van der Waals surface area (Å²) in [5.74, 6) is 0.851. The summed E-state index contributed by atoms with van der Waals surface area (Å²) < 4.78 is 5.26. The predicted octanol–water partition coefficient (Wildman–Crippen LogP) is 3.07. The third kappa shape index (κ3) is 2.25. The molecule has 0 saturated carbocycles. The van der Waals surface area contributed by atoms with E-state index in [2.05, 4.69) is 17.4 Å². The second-order valence-corrected chi connectivity index (χ2v) is 5.29. The van der Waals surface area contributed by atoms with Gasteiger partial charge in [0.05, 0.1) is 19.3 Å². The van der Waals surface area contributed by atoms with Crippen molar-refractivity contribution in [1.82, 2.24) is 0 Å². The van der Waals surface area contributed by atoms with Crippen LogP contribution in [0, 0.1) is 6.92 Å². The van der Waals surface area contributed by atoms with Crippen LogP contribution in [0.1, 0.15) is 22.8 Å². The van der Waals surface area contributed by atoms with Crippen LogP contribution in [0.4, 0.5) is 5.69 Å². The third-order valence-corrected chi connectivity index (χ3v) is 3.94. The van der Waals surface area contributed by atoms with E-state index in [4.69, 9.17) is 4.74 Å². The van der Waals surface area contributed by atoms with Gasteiger partial charge in [0.25, 0.3) is 0 Å². The highest BCUT2D eigenvalue weighted by molar-refractivity contribution is 5.57. The first kappa shape index (κ1) is 13.0. The zero-order valence-electron chi connectivity index (χ0n) is 11.8. The molecule has 2 aromatic rings. The lowest BCUT2D eigenvalue weighted by atomic mass is 9.98. The number of hydrogen-bond acceptors (Lipinski definition) is 3. The molecule has 2 aromatic carbocycles. The zero-order valence-corrected chi connectivity index (χ0v) is 11.8. The Morgan fingerprint density at radius 2 is 2.05 bits per heavy atom. The van der Waals surface area contributed by atoms with Crippen LogP contribution in [-0.4, -0.2) is 18.3 Å². The highest BCUT2D eigenvalue weighted by atomic mass is 16.5. The largest absolute Gasteiger partial charge is 0.496 e. The van der Waals surface area contributed by atoms with Crippen LogP contribution in [-0.2, 0) is 6.42 Å². The lowest BCUT2D eigenvalue weighted by molar-refractivity contribution is 0.156. The fourth-order valence-corrected chi connectivity index (χ4v) is 2.84. The molecule has 0 amide bonds. The van der Waals surface area contributed by atoms with E-state index < -0.39 is 6.10 Å². The van der Waals surface area contributed by atoms with E-state index in [0.717, 1.165) is 29.0 Å². The van der Waals surface area contributed by atoms with Crippen LogP contribution >= 0.6 is 0 Å². The van der Waals surface area contributed by atoms with Crippen molar-refractivity contribution in [3.63, 3.8) is 0 Å². The van der Waals surface area contributed by atoms with Gasteiger partial charge < -0.3 is 15.2 Å². The summed E-state index contributed by atoms with van der Waals surface area (Å²) in [6.45, 7) is 1.99. The highest BCUT2D eigenvalue weighted by Crippen LogP contribution is 2.33. The number of rotatable bonds is 3. The van der Waals surface area contributed by atoms with Gasteiger partial charge in [-0.1, -0.05) is 24.3 Å². The van der Waals surface area contributed by atoms with Crippen molar-refractivity contribution in [1.29, 1.82) is 0 Å². The molecule has 1 aliphatic heterocycles. The summed E-state index contributed by atoms with van der Waals surface area (Å²) in [5.41, 5.74) is 4.36. The lowest BCUT2D eigenvalue weighted by Gasteiger charge is -2.20. The summed E-state index contributed by atoms with van der Waals surface area (Å²) in [5, 5.41) is 14.0. The quantitative estimate of drug-likeness (QED) is 0.899. The Kier molecular flexibility index (Phi) is 3.36. The van der Waals surface area contributed by atoms with E-state index in [1.54, 1.807) is 7.11 Å². The van der Waals surface area contributed by atoms with Crippen LogP contribution in [0.3, 0.4) is 0 Å². The van der Waals surface area contributed by atoms with E-state index in [1.165, 1.54) is 5.56 Å². The molecule has 20 heavy (non-hydrogen) atoms. The van der Waals surface area contributed by atoms with Crippen LogP contribution in [0.5, 0.6) is 5.75 Å². The number of para-hydroxylation sites is 1. The van der Waals surface area contributed by atoms with Gasteiger partial charge >= 0.3 is 0 Å². The molecule has 2 N–H and O–H groups in total. The SMILES string of the molecule is COc1ccc(C(O)C2Cc3ccccc3N2)cc1C. The number of hydrogen-bond donors (Lipinski definition) is 2. The second-order valence-electron chi connectivity index (χ2n) is 5.29. The van der Waals surface area contributed by atoms with Crippen molar-refractivity contribution < 1.29 is 9.84 Å². The highest BCUT2D eigenvalue weighted by Gasteiger charge is 2.27. The van der Waals surface area contributed by atoms with Crippen molar-refractivity contribution in [3.8, 4) is 5.75 Å². The van der Waals surface area contributed by atoms with E-state index in [0.29, 0.717) is 0 Å². The van der Waals surface area contributed by atoms with Crippen LogP contribution in [0.2, 0.25) is 0 Å². The Balaban J connectivity index is 1.81. The van der Waals surface area contributed by atoms with Crippen LogP contribution in [0.25, 0.3) is 0 Å². The molecule has 0 saturated heterocycles. The molecule has 0 radical (unpaired) electrons. The van der Waals surface area contributed by atoms with E-state index in [9.17, 15) is 5.11 Å².